The highest BCUT2D eigenvalue weighted by Crippen LogP contribution is 2.19. The number of rotatable bonds is 3. The van der Waals surface area contributed by atoms with Gasteiger partial charge in [0.2, 0.25) is 0 Å². The average Bonchev–Trinajstić information content (AvgIpc) is 2.15. The summed E-state index contributed by atoms with van der Waals surface area (Å²) >= 11 is 0. The van der Waals surface area contributed by atoms with E-state index in [1.807, 2.05) is 0 Å². The first-order valence-corrected chi connectivity index (χ1v) is 4.19. The average molecular weight is 196 g/mol. The molecule has 0 aromatic heterocycles. The van der Waals surface area contributed by atoms with Crippen LogP contribution in [-0.4, -0.2) is 22.5 Å². The van der Waals surface area contributed by atoms with Crippen LogP contribution < -0.4 is 0 Å². The fourth-order valence-corrected chi connectivity index (χ4v) is 1.12. The summed E-state index contributed by atoms with van der Waals surface area (Å²) in [4.78, 5) is 10.7. The van der Waals surface area contributed by atoms with Crippen LogP contribution in [0.3, 0.4) is 0 Å². The smallest absolute Gasteiger partial charge is 0.303 e. The summed E-state index contributed by atoms with van der Waals surface area (Å²) in [5.41, 5.74) is 0.553. The largest absolute Gasteiger partial charge is 0.452 e. The minimum Gasteiger partial charge on any atom is -0.452 e. The molecule has 1 atom stereocenters. The molecule has 0 saturated heterocycles. The molecule has 0 radical (unpaired) electrons. The van der Waals surface area contributed by atoms with E-state index in [1.165, 1.54) is 6.92 Å². The van der Waals surface area contributed by atoms with Gasteiger partial charge in [-0.05, 0) is 5.56 Å². The Hall–Kier alpha value is -1.39. The van der Waals surface area contributed by atoms with Crippen LogP contribution in [-0.2, 0) is 9.53 Å². The number of benzene rings is 1. The van der Waals surface area contributed by atoms with Crippen molar-refractivity contribution in [2.24, 2.45) is 0 Å². The van der Waals surface area contributed by atoms with E-state index in [4.69, 9.17) is 14.9 Å². The number of carbonyl (C=O) groups is 1. The van der Waals surface area contributed by atoms with Crippen LogP contribution in [0.25, 0.3) is 0 Å². The number of esters is 1. The van der Waals surface area contributed by atoms with Gasteiger partial charge in [0, 0.05) is 6.92 Å². The van der Waals surface area contributed by atoms with E-state index in [0.717, 1.165) is 0 Å². The second-order valence-electron chi connectivity index (χ2n) is 2.85. The van der Waals surface area contributed by atoms with E-state index in [0.29, 0.717) is 5.56 Å². The molecule has 0 aliphatic rings. The van der Waals surface area contributed by atoms with Crippen LogP contribution in [0, 0.1) is 0 Å². The molecule has 0 heterocycles. The maximum absolute atomic E-state index is 10.7. The molecule has 1 unspecified atom stereocenters. The summed E-state index contributed by atoms with van der Waals surface area (Å²) in [6, 6.07) is 8.57. The summed E-state index contributed by atoms with van der Waals surface area (Å²) in [5, 5.41) is 18.0. The van der Waals surface area contributed by atoms with E-state index < -0.39 is 18.4 Å². The monoisotopic (exact) mass is 196 g/mol. The van der Waals surface area contributed by atoms with Crippen molar-refractivity contribution in [2.45, 2.75) is 19.3 Å². The summed E-state index contributed by atoms with van der Waals surface area (Å²) in [7, 11) is 0. The van der Waals surface area contributed by atoms with E-state index in [-0.39, 0.29) is 0 Å². The summed E-state index contributed by atoms with van der Waals surface area (Å²) < 4.78 is 4.76. The van der Waals surface area contributed by atoms with E-state index >= 15 is 0 Å². The zero-order chi connectivity index (χ0) is 10.6. The lowest BCUT2D eigenvalue weighted by Crippen LogP contribution is -2.22. The third-order valence-corrected chi connectivity index (χ3v) is 1.69. The molecule has 0 aliphatic carbocycles. The molecule has 1 aromatic carbocycles. The third kappa shape index (κ3) is 2.83. The Balaban J connectivity index is 2.83. The first-order chi connectivity index (χ1) is 6.61. The lowest BCUT2D eigenvalue weighted by molar-refractivity contribution is -0.174. The quantitative estimate of drug-likeness (QED) is 0.548. The minimum atomic E-state index is -1.71. The number of hydrogen-bond acceptors (Lipinski definition) is 4. The Labute approximate surface area is 81.8 Å². The van der Waals surface area contributed by atoms with Crippen molar-refractivity contribution in [1.82, 2.24) is 0 Å². The molecule has 0 amide bonds. The standard InChI is InChI=1S/C10H12O4/c1-7(11)14-9(10(12)13)8-5-3-2-4-6-8/h2-6,9-10,12-13H,1H3. The van der Waals surface area contributed by atoms with Crippen LogP contribution in [0.2, 0.25) is 0 Å². The van der Waals surface area contributed by atoms with E-state index in [9.17, 15) is 4.79 Å². The molecule has 0 saturated carbocycles. The molecule has 0 aliphatic heterocycles. The fraction of sp³-hybridized carbons (Fsp3) is 0.300. The summed E-state index contributed by atoms with van der Waals surface area (Å²) in [6.07, 6.45) is -2.73. The highest BCUT2D eigenvalue weighted by molar-refractivity contribution is 5.66. The summed E-state index contributed by atoms with van der Waals surface area (Å²) in [5.74, 6) is -0.549. The molecule has 14 heavy (non-hydrogen) atoms. The van der Waals surface area contributed by atoms with Crippen molar-refractivity contribution in [3.63, 3.8) is 0 Å². The normalized spacial score (nSPS) is 12.6. The Kier molecular flexibility index (Phi) is 3.62. The second-order valence-corrected chi connectivity index (χ2v) is 2.85. The van der Waals surface area contributed by atoms with Gasteiger partial charge in [0.15, 0.2) is 12.4 Å². The zero-order valence-electron chi connectivity index (χ0n) is 7.75. The van der Waals surface area contributed by atoms with Crippen molar-refractivity contribution in [2.75, 3.05) is 0 Å². The van der Waals surface area contributed by atoms with Crippen molar-refractivity contribution in [3.8, 4) is 0 Å². The Morgan fingerprint density at radius 1 is 1.29 bits per heavy atom. The van der Waals surface area contributed by atoms with Crippen molar-refractivity contribution in [3.05, 3.63) is 35.9 Å². The van der Waals surface area contributed by atoms with Crippen LogP contribution in [0.4, 0.5) is 0 Å². The molecule has 0 bridgehead atoms. The molecule has 2 N–H and O–H groups in total. The maximum Gasteiger partial charge on any atom is 0.303 e. The minimum absolute atomic E-state index is 0.549. The van der Waals surface area contributed by atoms with Gasteiger partial charge in [-0.1, -0.05) is 30.3 Å². The van der Waals surface area contributed by atoms with Gasteiger partial charge in [-0.25, -0.2) is 0 Å². The number of ether oxygens (including phenoxy) is 1. The van der Waals surface area contributed by atoms with Gasteiger partial charge in [0.25, 0.3) is 0 Å². The Morgan fingerprint density at radius 2 is 1.86 bits per heavy atom. The first kappa shape index (κ1) is 10.7. The van der Waals surface area contributed by atoms with Gasteiger partial charge in [0.1, 0.15) is 0 Å². The molecule has 0 fully saturated rings. The van der Waals surface area contributed by atoms with Crippen molar-refractivity contribution in [1.29, 1.82) is 0 Å². The molecule has 4 heteroatoms. The molecule has 1 aromatic rings. The fourth-order valence-electron chi connectivity index (χ4n) is 1.12. The molecule has 0 spiro atoms. The zero-order valence-corrected chi connectivity index (χ0v) is 7.75. The number of aliphatic hydroxyl groups excluding tert-OH is 1. The second kappa shape index (κ2) is 4.74. The first-order valence-electron chi connectivity index (χ1n) is 4.19. The summed E-state index contributed by atoms with van der Waals surface area (Å²) in [6.45, 7) is 1.22. The molecule has 76 valence electrons. The van der Waals surface area contributed by atoms with Crippen LogP contribution in [0.1, 0.15) is 18.6 Å². The van der Waals surface area contributed by atoms with Gasteiger partial charge in [-0.3, -0.25) is 4.79 Å². The molecule has 4 nitrogen and oxygen atoms in total. The number of hydrogen-bond donors (Lipinski definition) is 2. The van der Waals surface area contributed by atoms with Gasteiger partial charge >= 0.3 is 5.97 Å². The van der Waals surface area contributed by atoms with Gasteiger partial charge < -0.3 is 14.9 Å². The van der Waals surface area contributed by atoms with Gasteiger partial charge in [-0.2, -0.15) is 0 Å². The topological polar surface area (TPSA) is 66.8 Å². The van der Waals surface area contributed by atoms with Crippen LogP contribution in [0.5, 0.6) is 0 Å². The molecular formula is C10H12O4. The van der Waals surface area contributed by atoms with Crippen LogP contribution >= 0.6 is 0 Å². The molecular weight excluding hydrogens is 184 g/mol. The number of carbonyl (C=O) groups excluding carboxylic acids is 1. The van der Waals surface area contributed by atoms with Gasteiger partial charge in [-0.15, -0.1) is 0 Å². The highest BCUT2D eigenvalue weighted by atomic mass is 16.6. The maximum atomic E-state index is 10.7. The lowest BCUT2D eigenvalue weighted by Gasteiger charge is -2.18. The van der Waals surface area contributed by atoms with Crippen LogP contribution in [0.15, 0.2) is 30.3 Å². The number of aliphatic hydroxyl groups is 2. The molecule has 1 rings (SSSR count). The van der Waals surface area contributed by atoms with Crippen molar-refractivity contribution >= 4 is 5.97 Å². The Bertz CT molecular complexity index is 294. The third-order valence-electron chi connectivity index (χ3n) is 1.69. The predicted molar refractivity (Wildman–Crippen MR) is 49.2 cm³/mol. The van der Waals surface area contributed by atoms with E-state index in [1.54, 1.807) is 30.3 Å². The highest BCUT2D eigenvalue weighted by Gasteiger charge is 2.21. The predicted octanol–water partition coefficient (Wildman–Crippen LogP) is 0.601. The Morgan fingerprint density at radius 3 is 2.29 bits per heavy atom. The SMILES string of the molecule is CC(=O)OC(c1ccccc1)C(O)O. The lowest BCUT2D eigenvalue weighted by atomic mass is 10.1. The van der Waals surface area contributed by atoms with E-state index in [2.05, 4.69) is 0 Å². The van der Waals surface area contributed by atoms with Gasteiger partial charge in [0.05, 0.1) is 0 Å². The van der Waals surface area contributed by atoms with Crippen molar-refractivity contribution < 1.29 is 19.7 Å².